The number of halogens is 1. The summed E-state index contributed by atoms with van der Waals surface area (Å²) >= 11 is 7.48. The van der Waals surface area contributed by atoms with Gasteiger partial charge in [0.05, 0.1) is 22.1 Å². The average Bonchev–Trinajstić information content (AvgIpc) is 2.73. The van der Waals surface area contributed by atoms with E-state index >= 15 is 0 Å². The first-order valence-electron chi connectivity index (χ1n) is 4.72. The van der Waals surface area contributed by atoms with Gasteiger partial charge in [-0.1, -0.05) is 11.6 Å². The lowest BCUT2D eigenvalue weighted by Crippen LogP contribution is -2.19. The Bertz CT molecular complexity index is 313. The Hall–Kier alpha value is -0.0900. The Kier molecular flexibility index (Phi) is 3.12. The van der Waals surface area contributed by atoms with Crippen molar-refractivity contribution in [2.24, 2.45) is 5.92 Å². The summed E-state index contributed by atoms with van der Waals surface area (Å²) in [4.78, 5) is 0.869. The van der Waals surface area contributed by atoms with Crippen molar-refractivity contribution in [3.8, 4) is 0 Å². The van der Waals surface area contributed by atoms with Gasteiger partial charge >= 0.3 is 0 Å². The summed E-state index contributed by atoms with van der Waals surface area (Å²) in [5, 5.41) is 12.7. The molecule has 0 spiro atoms. The van der Waals surface area contributed by atoms with Gasteiger partial charge in [-0.25, -0.2) is 0 Å². The molecule has 1 aliphatic heterocycles. The highest BCUT2D eigenvalue weighted by atomic mass is 35.5. The van der Waals surface area contributed by atoms with Gasteiger partial charge in [0.1, 0.15) is 0 Å². The van der Waals surface area contributed by atoms with Crippen LogP contribution >= 0.6 is 22.9 Å². The van der Waals surface area contributed by atoms with E-state index in [0.717, 1.165) is 17.9 Å². The molecule has 3 atom stereocenters. The Balaban J connectivity index is 2.15. The molecule has 1 N–H and O–H groups in total. The van der Waals surface area contributed by atoms with Crippen LogP contribution < -0.4 is 0 Å². The van der Waals surface area contributed by atoms with Crippen molar-refractivity contribution in [1.82, 2.24) is 0 Å². The van der Waals surface area contributed by atoms with E-state index in [9.17, 15) is 5.11 Å². The summed E-state index contributed by atoms with van der Waals surface area (Å²) < 4.78 is 5.43. The molecule has 1 aromatic rings. The zero-order chi connectivity index (χ0) is 10.1. The third-order valence-corrected chi connectivity index (χ3v) is 4.18. The lowest BCUT2D eigenvalue weighted by molar-refractivity contribution is 0.0449. The maximum absolute atomic E-state index is 10.1. The number of rotatable bonds is 2. The maximum Gasteiger partial charge on any atom is 0.0950 e. The van der Waals surface area contributed by atoms with Crippen molar-refractivity contribution in [2.75, 3.05) is 6.61 Å². The number of aliphatic hydroxyl groups is 1. The molecule has 1 aliphatic rings. The second kappa shape index (κ2) is 4.19. The number of hydrogen-bond donors (Lipinski definition) is 1. The molecule has 0 saturated carbocycles. The Morgan fingerprint density at radius 2 is 2.50 bits per heavy atom. The molecule has 0 amide bonds. The van der Waals surface area contributed by atoms with Crippen LogP contribution in [-0.4, -0.2) is 17.8 Å². The van der Waals surface area contributed by atoms with Crippen molar-refractivity contribution in [3.63, 3.8) is 0 Å². The first-order chi connectivity index (χ1) is 6.70. The summed E-state index contributed by atoms with van der Waals surface area (Å²) in [5.74, 6) is 0.186. The highest BCUT2D eigenvalue weighted by Gasteiger charge is 2.33. The number of hydrogen-bond acceptors (Lipinski definition) is 3. The minimum atomic E-state index is -0.472. The summed E-state index contributed by atoms with van der Waals surface area (Å²) in [6, 6.07) is 1.82. The van der Waals surface area contributed by atoms with E-state index in [2.05, 4.69) is 0 Å². The number of ether oxygens (including phenoxy) is 1. The molecule has 0 radical (unpaired) electrons. The summed E-state index contributed by atoms with van der Waals surface area (Å²) in [5.41, 5.74) is 0. The van der Waals surface area contributed by atoms with Crippen LogP contribution in [0, 0.1) is 5.92 Å². The molecule has 2 rings (SSSR count). The first kappa shape index (κ1) is 10.4. The number of thiophene rings is 1. The second-order valence-electron chi connectivity index (χ2n) is 3.61. The van der Waals surface area contributed by atoms with Crippen LogP contribution in [0.4, 0.5) is 0 Å². The second-order valence-corrected chi connectivity index (χ2v) is 4.96. The third-order valence-electron chi connectivity index (χ3n) is 2.75. The first-order valence-corrected chi connectivity index (χ1v) is 5.98. The van der Waals surface area contributed by atoms with E-state index in [-0.39, 0.29) is 12.0 Å². The molecule has 2 heterocycles. The molecule has 1 aromatic heterocycles. The minimum absolute atomic E-state index is 0.128. The summed E-state index contributed by atoms with van der Waals surface area (Å²) in [7, 11) is 0. The van der Waals surface area contributed by atoms with Crippen LogP contribution in [0.5, 0.6) is 0 Å². The van der Waals surface area contributed by atoms with Crippen molar-refractivity contribution in [3.05, 3.63) is 21.3 Å². The zero-order valence-corrected chi connectivity index (χ0v) is 9.52. The van der Waals surface area contributed by atoms with Crippen LogP contribution in [0.3, 0.4) is 0 Å². The standard InChI is InChI=1S/C10H13ClO2S/c1-6-7(2-4-13-6)9(12)10-8(11)3-5-14-10/h3,5-7,9,12H,2,4H2,1H3. The molecule has 78 valence electrons. The smallest absolute Gasteiger partial charge is 0.0950 e. The van der Waals surface area contributed by atoms with Gasteiger partial charge in [0.25, 0.3) is 0 Å². The van der Waals surface area contributed by atoms with E-state index in [0.29, 0.717) is 5.02 Å². The number of aliphatic hydroxyl groups excluding tert-OH is 1. The average molecular weight is 233 g/mol. The molecule has 4 heteroatoms. The summed E-state index contributed by atoms with van der Waals surface area (Å²) in [6.45, 7) is 2.74. The van der Waals surface area contributed by atoms with Crippen molar-refractivity contribution < 1.29 is 9.84 Å². The van der Waals surface area contributed by atoms with E-state index < -0.39 is 6.10 Å². The largest absolute Gasteiger partial charge is 0.387 e. The van der Waals surface area contributed by atoms with Gasteiger partial charge in [0.15, 0.2) is 0 Å². The Morgan fingerprint density at radius 1 is 1.71 bits per heavy atom. The molecular formula is C10H13ClO2S. The van der Waals surface area contributed by atoms with Crippen LogP contribution in [0.15, 0.2) is 11.4 Å². The minimum Gasteiger partial charge on any atom is -0.387 e. The van der Waals surface area contributed by atoms with Gasteiger partial charge in [-0.05, 0) is 24.8 Å². The lowest BCUT2D eigenvalue weighted by atomic mass is 9.95. The molecule has 14 heavy (non-hydrogen) atoms. The topological polar surface area (TPSA) is 29.5 Å². The highest BCUT2D eigenvalue weighted by Crippen LogP contribution is 2.38. The molecule has 1 fully saturated rings. The summed E-state index contributed by atoms with van der Waals surface area (Å²) in [6.07, 6.45) is 0.569. The molecule has 2 nitrogen and oxygen atoms in total. The predicted octanol–water partition coefficient (Wildman–Crippen LogP) is 2.86. The van der Waals surface area contributed by atoms with E-state index in [1.807, 2.05) is 18.4 Å². The van der Waals surface area contributed by atoms with Gasteiger partial charge in [-0.2, -0.15) is 0 Å². The molecule has 1 saturated heterocycles. The van der Waals surface area contributed by atoms with Crippen molar-refractivity contribution in [1.29, 1.82) is 0 Å². The fourth-order valence-corrected chi connectivity index (χ4v) is 3.10. The van der Waals surface area contributed by atoms with Gasteiger partial charge in [-0.3, -0.25) is 0 Å². The molecule has 0 aliphatic carbocycles. The third kappa shape index (κ3) is 1.82. The van der Waals surface area contributed by atoms with E-state index in [1.165, 1.54) is 11.3 Å². The zero-order valence-electron chi connectivity index (χ0n) is 7.94. The van der Waals surface area contributed by atoms with Crippen LogP contribution in [0.25, 0.3) is 0 Å². The van der Waals surface area contributed by atoms with Gasteiger partial charge in [0.2, 0.25) is 0 Å². The Labute approximate surface area is 92.5 Å². The predicted molar refractivity (Wildman–Crippen MR) is 57.8 cm³/mol. The van der Waals surface area contributed by atoms with E-state index in [1.54, 1.807) is 0 Å². The van der Waals surface area contributed by atoms with Gasteiger partial charge < -0.3 is 9.84 Å². The van der Waals surface area contributed by atoms with Crippen molar-refractivity contribution >= 4 is 22.9 Å². The van der Waals surface area contributed by atoms with E-state index in [4.69, 9.17) is 16.3 Å². The fraction of sp³-hybridized carbons (Fsp3) is 0.600. The molecule has 0 bridgehead atoms. The SMILES string of the molecule is CC1OCCC1C(O)c1sccc1Cl. The van der Waals surface area contributed by atoms with Gasteiger partial charge in [-0.15, -0.1) is 11.3 Å². The highest BCUT2D eigenvalue weighted by molar-refractivity contribution is 7.10. The van der Waals surface area contributed by atoms with Crippen LogP contribution in [0.2, 0.25) is 5.02 Å². The quantitative estimate of drug-likeness (QED) is 0.850. The van der Waals surface area contributed by atoms with Gasteiger partial charge in [0, 0.05) is 12.5 Å². The maximum atomic E-state index is 10.1. The normalized spacial score (nSPS) is 29.4. The van der Waals surface area contributed by atoms with Crippen molar-refractivity contribution in [2.45, 2.75) is 25.6 Å². The lowest BCUT2D eigenvalue weighted by Gasteiger charge is -2.20. The molecule has 0 aromatic carbocycles. The monoisotopic (exact) mass is 232 g/mol. The molecular weight excluding hydrogens is 220 g/mol. The van der Waals surface area contributed by atoms with Crippen LogP contribution in [-0.2, 0) is 4.74 Å². The molecule has 3 unspecified atom stereocenters. The van der Waals surface area contributed by atoms with Crippen LogP contribution in [0.1, 0.15) is 24.3 Å². The Morgan fingerprint density at radius 3 is 3.00 bits per heavy atom. The fourth-order valence-electron chi connectivity index (χ4n) is 1.87.